The van der Waals surface area contributed by atoms with Gasteiger partial charge >= 0.3 is 6.09 Å². The Morgan fingerprint density at radius 2 is 2.10 bits per heavy atom. The predicted molar refractivity (Wildman–Crippen MR) is 78.5 cm³/mol. The molecule has 1 rings (SSSR count). The first kappa shape index (κ1) is 16.5. The summed E-state index contributed by atoms with van der Waals surface area (Å²) in [6.45, 7) is 10.1. The van der Waals surface area contributed by atoms with Crippen molar-refractivity contribution >= 4 is 6.09 Å². The highest BCUT2D eigenvalue weighted by Crippen LogP contribution is 2.11. The van der Waals surface area contributed by atoms with Crippen LogP contribution in [0.25, 0.3) is 0 Å². The molecule has 6 nitrogen and oxygen atoms in total. The lowest BCUT2D eigenvalue weighted by Crippen LogP contribution is -2.41. The maximum atomic E-state index is 11.5. The van der Waals surface area contributed by atoms with Gasteiger partial charge in [0.1, 0.15) is 5.60 Å². The van der Waals surface area contributed by atoms with Crippen LogP contribution in [-0.4, -0.2) is 34.1 Å². The molecule has 0 fully saturated rings. The van der Waals surface area contributed by atoms with Crippen molar-refractivity contribution in [2.75, 3.05) is 6.54 Å². The van der Waals surface area contributed by atoms with Gasteiger partial charge in [-0.15, -0.1) is 0 Å². The van der Waals surface area contributed by atoms with Crippen LogP contribution in [0.5, 0.6) is 0 Å². The summed E-state index contributed by atoms with van der Waals surface area (Å²) in [5.74, 6) is 0. The van der Waals surface area contributed by atoms with Crippen molar-refractivity contribution in [2.24, 2.45) is 7.05 Å². The lowest BCUT2D eigenvalue weighted by molar-refractivity contribution is 0.0522. The third-order valence-corrected chi connectivity index (χ3v) is 2.71. The van der Waals surface area contributed by atoms with Gasteiger partial charge in [-0.25, -0.2) is 4.79 Å². The van der Waals surface area contributed by atoms with Gasteiger partial charge in [-0.05, 0) is 34.6 Å². The number of rotatable bonds is 5. The van der Waals surface area contributed by atoms with Gasteiger partial charge in [0, 0.05) is 37.4 Å². The molecule has 20 heavy (non-hydrogen) atoms. The molecule has 1 heterocycles. The maximum absolute atomic E-state index is 11.5. The average Bonchev–Trinajstić information content (AvgIpc) is 2.71. The molecule has 0 saturated carbocycles. The minimum absolute atomic E-state index is 0.137. The number of aryl methyl sites for hydroxylation is 1. The van der Waals surface area contributed by atoms with Crippen LogP contribution < -0.4 is 10.6 Å². The number of carbonyl (C=O) groups excluding carboxylic acids is 1. The normalized spacial score (nSPS) is 14.7. The molecule has 0 aliphatic heterocycles. The Kier molecular flexibility index (Phi) is 5.56. The van der Waals surface area contributed by atoms with Crippen LogP contribution in [0.1, 0.15) is 46.2 Å². The average molecular weight is 282 g/mol. The van der Waals surface area contributed by atoms with Gasteiger partial charge in [-0.1, -0.05) is 0 Å². The number of nitrogens with zero attached hydrogens (tertiary/aromatic N) is 2. The summed E-state index contributed by atoms with van der Waals surface area (Å²) in [6.07, 6.45) is 3.43. The lowest BCUT2D eigenvalue weighted by Gasteiger charge is -2.22. The van der Waals surface area contributed by atoms with E-state index >= 15 is 0 Å². The Hall–Kier alpha value is -1.56. The van der Waals surface area contributed by atoms with Crippen molar-refractivity contribution in [3.05, 3.63) is 18.0 Å². The van der Waals surface area contributed by atoms with E-state index in [9.17, 15) is 4.79 Å². The molecule has 2 N–H and O–H groups in total. The fourth-order valence-corrected chi connectivity index (χ4v) is 1.80. The molecule has 0 aromatic carbocycles. The first-order valence-corrected chi connectivity index (χ1v) is 6.89. The van der Waals surface area contributed by atoms with E-state index in [-0.39, 0.29) is 18.2 Å². The van der Waals surface area contributed by atoms with Crippen molar-refractivity contribution in [3.63, 3.8) is 0 Å². The lowest BCUT2D eigenvalue weighted by atomic mass is 10.1. The van der Waals surface area contributed by atoms with Crippen LogP contribution in [0.4, 0.5) is 4.79 Å². The summed E-state index contributed by atoms with van der Waals surface area (Å²) < 4.78 is 6.96. The van der Waals surface area contributed by atoms with E-state index in [4.69, 9.17) is 4.74 Å². The van der Waals surface area contributed by atoms with Crippen LogP contribution in [0.3, 0.4) is 0 Å². The summed E-state index contributed by atoms with van der Waals surface area (Å²) in [4.78, 5) is 11.5. The van der Waals surface area contributed by atoms with Gasteiger partial charge in [-0.3, -0.25) is 4.68 Å². The number of carbonyl (C=O) groups is 1. The van der Waals surface area contributed by atoms with E-state index in [1.807, 2.05) is 47.1 Å². The second kappa shape index (κ2) is 6.74. The number of aromatic nitrogens is 2. The van der Waals surface area contributed by atoms with Crippen LogP contribution in [0.2, 0.25) is 0 Å². The zero-order valence-corrected chi connectivity index (χ0v) is 13.2. The fourth-order valence-electron chi connectivity index (χ4n) is 1.80. The van der Waals surface area contributed by atoms with Gasteiger partial charge in [0.05, 0.1) is 6.20 Å². The Morgan fingerprint density at radius 1 is 1.45 bits per heavy atom. The highest BCUT2D eigenvalue weighted by molar-refractivity contribution is 5.67. The van der Waals surface area contributed by atoms with Crippen molar-refractivity contribution < 1.29 is 9.53 Å². The Bertz CT molecular complexity index is 437. The standard InChI is InChI=1S/C14H26N4O2/c1-10(7-15-13(19)20-14(3,4)5)17-11(2)12-8-16-18(6)9-12/h8-11,17H,7H2,1-6H3,(H,15,19). The zero-order valence-electron chi connectivity index (χ0n) is 13.2. The second-order valence-corrected chi connectivity index (χ2v) is 6.12. The predicted octanol–water partition coefficient (Wildman–Crippen LogP) is 1.98. The molecular weight excluding hydrogens is 256 g/mol. The van der Waals surface area contributed by atoms with Crippen LogP contribution in [0, 0.1) is 0 Å². The number of hydrogen-bond acceptors (Lipinski definition) is 4. The maximum Gasteiger partial charge on any atom is 0.407 e. The number of hydrogen-bond donors (Lipinski definition) is 2. The molecule has 0 bridgehead atoms. The molecular formula is C14H26N4O2. The van der Waals surface area contributed by atoms with Crippen LogP contribution >= 0.6 is 0 Å². The number of nitrogens with one attached hydrogen (secondary N) is 2. The molecule has 114 valence electrons. The molecule has 0 aliphatic carbocycles. The van der Waals surface area contributed by atoms with Crippen molar-refractivity contribution in [2.45, 2.75) is 52.3 Å². The zero-order chi connectivity index (χ0) is 15.3. The minimum atomic E-state index is -0.469. The summed E-state index contributed by atoms with van der Waals surface area (Å²) in [6, 6.07) is 0.317. The Morgan fingerprint density at radius 3 is 2.60 bits per heavy atom. The van der Waals surface area contributed by atoms with E-state index in [0.29, 0.717) is 6.54 Å². The number of amides is 1. The molecule has 2 unspecified atom stereocenters. The van der Waals surface area contributed by atoms with E-state index in [1.165, 1.54) is 0 Å². The van der Waals surface area contributed by atoms with E-state index in [2.05, 4.69) is 22.7 Å². The highest BCUT2D eigenvalue weighted by Gasteiger charge is 2.17. The van der Waals surface area contributed by atoms with Crippen molar-refractivity contribution in [3.8, 4) is 0 Å². The van der Waals surface area contributed by atoms with E-state index in [1.54, 1.807) is 4.68 Å². The third-order valence-electron chi connectivity index (χ3n) is 2.71. The molecule has 1 aromatic rings. The quantitative estimate of drug-likeness (QED) is 0.866. The smallest absolute Gasteiger partial charge is 0.407 e. The molecule has 0 spiro atoms. The van der Waals surface area contributed by atoms with Gasteiger partial charge in [0.25, 0.3) is 0 Å². The largest absolute Gasteiger partial charge is 0.444 e. The van der Waals surface area contributed by atoms with Gasteiger partial charge < -0.3 is 15.4 Å². The molecule has 0 radical (unpaired) electrons. The van der Waals surface area contributed by atoms with Crippen molar-refractivity contribution in [1.82, 2.24) is 20.4 Å². The SMILES string of the molecule is CC(CNC(=O)OC(C)(C)C)NC(C)c1cnn(C)c1. The number of alkyl carbamates (subject to hydrolysis) is 1. The molecule has 0 saturated heterocycles. The topological polar surface area (TPSA) is 68.2 Å². The first-order chi connectivity index (χ1) is 9.17. The summed E-state index contributed by atoms with van der Waals surface area (Å²) >= 11 is 0. The van der Waals surface area contributed by atoms with Crippen LogP contribution in [-0.2, 0) is 11.8 Å². The molecule has 6 heteroatoms. The molecule has 1 amide bonds. The van der Waals surface area contributed by atoms with Crippen LogP contribution in [0.15, 0.2) is 12.4 Å². The molecule has 2 atom stereocenters. The summed E-state index contributed by atoms with van der Waals surface area (Å²) in [5, 5.41) is 10.3. The summed E-state index contributed by atoms with van der Waals surface area (Å²) in [7, 11) is 1.89. The highest BCUT2D eigenvalue weighted by atomic mass is 16.6. The fraction of sp³-hybridized carbons (Fsp3) is 0.714. The number of ether oxygens (including phenoxy) is 1. The Balaban J connectivity index is 2.33. The third kappa shape index (κ3) is 6.06. The minimum Gasteiger partial charge on any atom is -0.444 e. The second-order valence-electron chi connectivity index (χ2n) is 6.12. The van der Waals surface area contributed by atoms with Gasteiger partial charge in [0.2, 0.25) is 0 Å². The van der Waals surface area contributed by atoms with Gasteiger partial charge in [-0.2, -0.15) is 5.10 Å². The van der Waals surface area contributed by atoms with Crippen molar-refractivity contribution in [1.29, 1.82) is 0 Å². The van der Waals surface area contributed by atoms with E-state index < -0.39 is 5.60 Å². The monoisotopic (exact) mass is 282 g/mol. The van der Waals surface area contributed by atoms with Gasteiger partial charge in [0.15, 0.2) is 0 Å². The Labute approximate surface area is 120 Å². The van der Waals surface area contributed by atoms with E-state index in [0.717, 1.165) is 5.56 Å². The molecule has 0 aliphatic rings. The first-order valence-electron chi connectivity index (χ1n) is 6.89. The molecule has 1 aromatic heterocycles. The summed E-state index contributed by atoms with van der Waals surface area (Å²) in [5.41, 5.74) is 0.653.